The van der Waals surface area contributed by atoms with E-state index in [1.54, 1.807) is 59.1 Å². The van der Waals surface area contributed by atoms with E-state index in [2.05, 4.69) is 108 Å². The number of fused-ring (bicyclic) bond motifs is 15. The normalized spacial score (nSPS) is 20.5. The molecule has 0 spiro atoms. The number of hydrogen-bond donors (Lipinski definition) is 5. The highest BCUT2D eigenvalue weighted by atomic mass is 19.3. The zero-order valence-corrected chi connectivity index (χ0v) is 83.1. The Balaban J connectivity index is 0.000000107. The Morgan fingerprint density at radius 3 is 1.06 bits per heavy atom. The van der Waals surface area contributed by atoms with Gasteiger partial charge in [-0.1, -0.05) is 13.3 Å². The lowest BCUT2D eigenvalue weighted by atomic mass is 9.82. The van der Waals surface area contributed by atoms with Crippen LogP contribution in [0.15, 0.2) is 61.7 Å². The highest BCUT2D eigenvalue weighted by Crippen LogP contribution is 2.47. The molecule has 15 aromatic rings. The molecule has 3 atom stereocenters. The molecule has 0 amide bonds. The van der Waals surface area contributed by atoms with Crippen molar-refractivity contribution >= 4 is 109 Å². The Labute approximate surface area is 832 Å². The molecule has 1 saturated carbocycles. The van der Waals surface area contributed by atoms with Gasteiger partial charge < -0.3 is 104 Å². The average molecular weight is 2010 g/mol. The van der Waals surface area contributed by atoms with Crippen molar-refractivity contribution < 1.29 is 59.5 Å². The molecule has 0 radical (unpaired) electrons. The standard InChI is InChI=1S/2C20H23F2N7O2.C20H26N8O.C18H20F2N8O.C18H21N7O/c1-19(2)18-25-13-16(28-5-4-20(21,22)10-28)26-15(27-17(13)29(18)6-7-31-19)11-8-12(30-3)14(23)24-9-11;1-4-30-12-7-11(8-24-14(12)23)15-26-16(28-9-20(21,22)10-28)13-17(27-15)29-5-6-31-19(2,3)18(29)25-13;1-4-13-6-5-7-27(13)16-14-17(28-8-9-29-20(2,3)18(28)24-14)26-15(25-16)12-10-22-19(21)23-11-12;1-18(2)16-24-12-14(27-7-10(19)11(20)8-27)25-13(9-5-22-17(21)23-6-9)26-15(12)28(16)3-4-29-18;1-18(2)16-23-13-12(10-4-3-5-10)22-14(11-8-20-17(19)21-9-11)24-15(13)25(16)6-7-26-18/h8-9H,4-7,10H2,1-3H3,(H2,23,24);7-8H,4-6,9-10H2,1-3H3,(H2,23,24);10-11,13H,4-9H2,1-3H3,(H2,21,22,23);5-6,10-11H,3-4,7-8H2,1-2H3,(H2,21,22,23);8-10H,3-7H2,1-2H3,(H2,19,20,21)/t;;;10-,11+;. The van der Waals surface area contributed by atoms with Crippen LogP contribution in [0.2, 0.25) is 0 Å². The van der Waals surface area contributed by atoms with E-state index >= 15 is 0 Å². The van der Waals surface area contributed by atoms with Crippen LogP contribution >= 0.6 is 0 Å². The highest BCUT2D eigenvalue weighted by Gasteiger charge is 2.49. The van der Waals surface area contributed by atoms with Gasteiger partial charge in [0.05, 0.1) is 102 Å². The summed E-state index contributed by atoms with van der Waals surface area (Å²) >= 11 is 0. The third-order valence-corrected chi connectivity index (χ3v) is 27.8. The predicted octanol–water partition coefficient (Wildman–Crippen LogP) is 11.7. The lowest BCUT2D eigenvalue weighted by molar-refractivity contribution is -0.0532. The van der Waals surface area contributed by atoms with Crippen LogP contribution in [0.5, 0.6) is 11.5 Å². The Morgan fingerprint density at radius 1 is 0.363 bits per heavy atom. The molecule has 10 aliphatic rings. The molecule has 5 fully saturated rings. The quantitative estimate of drug-likeness (QED) is 0.0631. The molecule has 24 heterocycles. The lowest BCUT2D eigenvalue weighted by Crippen LogP contribution is -2.56. The summed E-state index contributed by atoms with van der Waals surface area (Å²) in [5, 5.41) is 0. The number of anilines is 9. The molecular weight excluding hydrogens is 1900 g/mol. The van der Waals surface area contributed by atoms with Crippen LogP contribution in [0.25, 0.3) is 113 Å². The SMILES string of the molecule is CC1(C)OCCn2c1nc1c(C3CCC3)nc(-c3cnc(N)nc3)nc12.CC1(C)OCCn2c1nc1c(N3C[C@@H](F)[C@@H](F)C3)nc(-c3cnc(N)nc3)nc12.CCC1CCCN1c1nc(-c2cnc(N)nc2)nc2c1nc1n2CCOC1(C)C.CCOc1cc(-c2nc(N3CC(F)(F)C3)c3nc4n(c3n2)CCOC4(C)C)cnc1N.COc1cc(-c2nc(N3CCC(F)(F)C3)c3nc4n(c3n2)CCOC4(C)C)cnc1N. The molecular formula is C96H113F6N37O7. The average Bonchev–Trinajstić information content (AvgIpc) is 1.59. The van der Waals surface area contributed by atoms with E-state index in [0.29, 0.717) is 197 Å². The molecule has 10 N–H and O–H groups in total. The van der Waals surface area contributed by atoms with Crippen LogP contribution < -0.4 is 57.7 Å². The number of aromatic nitrogens is 28. The van der Waals surface area contributed by atoms with E-state index in [9.17, 15) is 26.3 Å². The van der Waals surface area contributed by atoms with Crippen molar-refractivity contribution in [3.8, 4) is 68.4 Å². The number of halogens is 6. The topological polar surface area (TPSA) is 529 Å². The molecule has 50 heteroatoms. The number of ether oxygens (including phenoxy) is 7. The van der Waals surface area contributed by atoms with Crippen molar-refractivity contribution in [2.75, 3.05) is 141 Å². The van der Waals surface area contributed by atoms with Crippen molar-refractivity contribution in [2.24, 2.45) is 0 Å². The monoisotopic (exact) mass is 2010 g/mol. The first kappa shape index (κ1) is 97.5. The van der Waals surface area contributed by atoms with Crippen LogP contribution in [0.4, 0.5) is 79.1 Å². The van der Waals surface area contributed by atoms with Gasteiger partial charge in [-0.3, -0.25) is 0 Å². The molecule has 44 nitrogen and oxygen atoms in total. The molecule has 0 bridgehead atoms. The summed E-state index contributed by atoms with van der Waals surface area (Å²) in [7, 11) is 1.49. The fourth-order valence-corrected chi connectivity index (χ4v) is 20.0. The summed E-state index contributed by atoms with van der Waals surface area (Å²) in [6.07, 6.45) is 16.4. The van der Waals surface area contributed by atoms with E-state index in [1.807, 2.05) is 62.2 Å². The van der Waals surface area contributed by atoms with Crippen molar-refractivity contribution in [3.05, 3.63) is 96.5 Å². The number of imidazole rings is 5. The molecule has 25 rings (SSSR count). The molecule has 1 unspecified atom stereocenters. The van der Waals surface area contributed by atoms with E-state index in [-0.39, 0.29) is 55.5 Å². The summed E-state index contributed by atoms with van der Waals surface area (Å²) in [5.74, 6) is 5.05. The molecule has 146 heavy (non-hydrogen) atoms. The van der Waals surface area contributed by atoms with Crippen LogP contribution in [-0.4, -0.2) is 260 Å². The smallest absolute Gasteiger partial charge is 0.282 e. The van der Waals surface area contributed by atoms with Crippen molar-refractivity contribution in [2.45, 2.75) is 225 Å². The first-order valence-corrected chi connectivity index (χ1v) is 48.8. The van der Waals surface area contributed by atoms with Gasteiger partial charge in [-0.15, -0.1) is 0 Å². The minimum Gasteiger partial charge on any atom is -0.493 e. The zero-order valence-electron chi connectivity index (χ0n) is 83.1. The van der Waals surface area contributed by atoms with Gasteiger partial charge in [0.25, 0.3) is 11.8 Å². The van der Waals surface area contributed by atoms with Crippen molar-refractivity contribution in [3.63, 3.8) is 0 Å². The summed E-state index contributed by atoms with van der Waals surface area (Å²) in [6, 6.07) is 3.86. The third kappa shape index (κ3) is 18.2. The first-order valence-electron chi connectivity index (χ1n) is 48.8. The summed E-state index contributed by atoms with van der Waals surface area (Å²) < 4.78 is 134. The first-order chi connectivity index (χ1) is 69.7. The molecule has 766 valence electrons. The maximum Gasteiger partial charge on any atom is 0.282 e. The van der Waals surface area contributed by atoms with Crippen LogP contribution in [-0.2, 0) is 84.4 Å². The zero-order chi connectivity index (χ0) is 102. The number of nitrogens with zero attached hydrogens (tertiary/aromatic N) is 32. The van der Waals surface area contributed by atoms with E-state index in [1.165, 1.54) is 37.2 Å². The second kappa shape index (κ2) is 37.2. The minimum absolute atomic E-state index is 0.0902. The second-order valence-electron chi connectivity index (χ2n) is 40.0. The minimum atomic E-state index is -2.77. The Kier molecular flexibility index (Phi) is 24.9. The van der Waals surface area contributed by atoms with Gasteiger partial charge in [-0.2, -0.15) is 0 Å². The number of hydrogen-bond acceptors (Lipinski definition) is 39. The summed E-state index contributed by atoms with van der Waals surface area (Å²) in [6.45, 7) is 30.0. The Hall–Kier alpha value is -14.5. The predicted molar refractivity (Wildman–Crippen MR) is 529 cm³/mol. The van der Waals surface area contributed by atoms with Gasteiger partial charge in [0.2, 0.25) is 17.8 Å². The number of rotatable bonds is 14. The second-order valence-corrected chi connectivity index (χ2v) is 40.0. The molecule has 9 aliphatic heterocycles. The number of methoxy groups -OCH3 is 1. The fourth-order valence-electron chi connectivity index (χ4n) is 20.0. The van der Waals surface area contributed by atoms with E-state index < -0.39 is 71.8 Å². The molecule has 4 saturated heterocycles. The lowest BCUT2D eigenvalue weighted by Gasteiger charge is -2.39. The molecule has 15 aromatic heterocycles. The summed E-state index contributed by atoms with van der Waals surface area (Å²) in [4.78, 5) is 111. The molecule has 0 aromatic carbocycles. The Morgan fingerprint density at radius 2 is 0.699 bits per heavy atom. The van der Waals surface area contributed by atoms with Gasteiger partial charge in [0.15, 0.2) is 138 Å². The van der Waals surface area contributed by atoms with Crippen molar-refractivity contribution in [1.82, 2.24) is 137 Å². The third-order valence-electron chi connectivity index (χ3n) is 27.8. The maximum atomic E-state index is 14.0. The van der Waals surface area contributed by atoms with Crippen LogP contribution in [0.3, 0.4) is 0 Å². The fraction of sp³-hybridized carbons (Fsp3) is 0.510. The largest absolute Gasteiger partial charge is 0.493 e. The number of pyridine rings is 2. The van der Waals surface area contributed by atoms with E-state index in [4.69, 9.17) is 117 Å². The van der Waals surface area contributed by atoms with Gasteiger partial charge in [-0.25, -0.2) is 141 Å². The highest BCUT2D eigenvalue weighted by molar-refractivity contribution is 5.91. The van der Waals surface area contributed by atoms with Crippen LogP contribution in [0, 0.1) is 0 Å². The van der Waals surface area contributed by atoms with E-state index in [0.717, 1.165) is 102 Å². The van der Waals surface area contributed by atoms with Gasteiger partial charge in [0, 0.05) is 125 Å². The van der Waals surface area contributed by atoms with Crippen molar-refractivity contribution in [1.29, 1.82) is 0 Å². The van der Waals surface area contributed by atoms with Crippen LogP contribution in [0.1, 0.15) is 169 Å². The maximum absolute atomic E-state index is 14.0. The Bertz CT molecular complexity index is 7510. The van der Waals surface area contributed by atoms with Gasteiger partial charge in [-0.05, 0) is 120 Å². The molecule has 1 aliphatic carbocycles. The number of nitrogens with two attached hydrogens (primary N) is 5. The summed E-state index contributed by atoms with van der Waals surface area (Å²) in [5.41, 5.74) is 36.8. The van der Waals surface area contributed by atoms with Gasteiger partial charge >= 0.3 is 0 Å². The number of alkyl halides is 6. The number of nitrogen functional groups attached to an aromatic ring is 5. The van der Waals surface area contributed by atoms with Gasteiger partial charge in [0.1, 0.15) is 62.6 Å².